The quantitative estimate of drug-likeness (QED) is 0.906. The maximum Gasteiger partial charge on any atom is 0.257 e. The average molecular weight is 311 g/mol. The highest BCUT2D eigenvalue weighted by atomic mass is 16.2. The van der Waals surface area contributed by atoms with Gasteiger partial charge in [0, 0.05) is 43.8 Å². The van der Waals surface area contributed by atoms with Crippen molar-refractivity contribution < 1.29 is 4.79 Å². The molecule has 3 rings (SSSR count). The number of aryl methyl sites for hydroxylation is 1. The molecule has 0 unspecified atom stereocenters. The third-order valence-corrected chi connectivity index (χ3v) is 4.28. The molecule has 5 nitrogen and oxygen atoms in total. The number of pyridine rings is 1. The van der Waals surface area contributed by atoms with Crippen LogP contribution >= 0.6 is 0 Å². The standard InChI is InChI=1S/C18H21N3O2/c1-21(2)13-8-6-12(7-9-13)10-20-18(23)15-11-19-16-5-3-4-14(16)17(15)22/h6-9,11H,3-5,10H2,1-2H3,(H,19,22)(H,20,23). The van der Waals surface area contributed by atoms with E-state index in [4.69, 9.17) is 0 Å². The number of benzene rings is 1. The lowest BCUT2D eigenvalue weighted by molar-refractivity contribution is 0.0949. The summed E-state index contributed by atoms with van der Waals surface area (Å²) >= 11 is 0. The van der Waals surface area contributed by atoms with Gasteiger partial charge in [0.25, 0.3) is 5.91 Å². The molecule has 0 radical (unpaired) electrons. The summed E-state index contributed by atoms with van der Waals surface area (Å²) in [5.74, 6) is -0.322. The van der Waals surface area contributed by atoms with Crippen molar-refractivity contribution in [2.75, 3.05) is 19.0 Å². The van der Waals surface area contributed by atoms with Crippen LogP contribution in [0.25, 0.3) is 0 Å². The van der Waals surface area contributed by atoms with E-state index in [2.05, 4.69) is 10.3 Å². The molecule has 1 aliphatic rings. The lowest BCUT2D eigenvalue weighted by atomic mass is 10.1. The average Bonchev–Trinajstić information content (AvgIpc) is 3.03. The Hall–Kier alpha value is -2.56. The second kappa shape index (κ2) is 6.28. The van der Waals surface area contributed by atoms with Crippen LogP contribution in [0.3, 0.4) is 0 Å². The highest BCUT2D eigenvalue weighted by Crippen LogP contribution is 2.16. The summed E-state index contributed by atoms with van der Waals surface area (Å²) in [7, 11) is 3.97. The molecule has 0 fully saturated rings. The smallest absolute Gasteiger partial charge is 0.257 e. The lowest BCUT2D eigenvalue weighted by Crippen LogP contribution is -2.29. The Morgan fingerprint density at radius 2 is 1.96 bits per heavy atom. The number of carbonyl (C=O) groups excluding carboxylic acids is 1. The molecule has 2 aromatic rings. The number of amides is 1. The van der Waals surface area contributed by atoms with Crippen LogP contribution in [-0.4, -0.2) is 25.0 Å². The van der Waals surface area contributed by atoms with Crippen molar-refractivity contribution in [2.24, 2.45) is 0 Å². The van der Waals surface area contributed by atoms with Gasteiger partial charge < -0.3 is 15.2 Å². The number of aromatic amines is 1. The highest BCUT2D eigenvalue weighted by Gasteiger charge is 2.19. The zero-order chi connectivity index (χ0) is 16.4. The van der Waals surface area contributed by atoms with Gasteiger partial charge in [-0.25, -0.2) is 0 Å². The second-order valence-electron chi connectivity index (χ2n) is 6.09. The van der Waals surface area contributed by atoms with Gasteiger partial charge in [-0.3, -0.25) is 9.59 Å². The van der Waals surface area contributed by atoms with Crippen molar-refractivity contribution in [1.29, 1.82) is 0 Å². The fourth-order valence-electron chi connectivity index (χ4n) is 2.90. The number of anilines is 1. The molecular formula is C18H21N3O2. The van der Waals surface area contributed by atoms with Crippen LogP contribution in [0.5, 0.6) is 0 Å². The topological polar surface area (TPSA) is 65.2 Å². The Bertz CT molecular complexity index is 776. The summed E-state index contributed by atoms with van der Waals surface area (Å²) in [4.78, 5) is 29.7. The molecule has 0 spiro atoms. The molecule has 1 heterocycles. The maximum atomic E-state index is 12.3. The summed E-state index contributed by atoms with van der Waals surface area (Å²) in [5.41, 5.74) is 3.93. The fraction of sp³-hybridized carbons (Fsp3) is 0.333. The van der Waals surface area contributed by atoms with Crippen LogP contribution in [0.1, 0.15) is 33.6 Å². The van der Waals surface area contributed by atoms with Crippen LogP contribution in [0.2, 0.25) is 0 Å². The van der Waals surface area contributed by atoms with Gasteiger partial charge in [-0.1, -0.05) is 12.1 Å². The first-order valence-corrected chi connectivity index (χ1v) is 7.84. The van der Waals surface area contributed by atoms with Crippen LogP contribution in [0.15, 0.2) is 35.3 Å². The lowest BCUT2D eigenvalue weighted by Gasteiger charge is -2.13. The van der Waals surface area contributed by atoms with Crippen molar-refractivity contribution in [2.45, 2.75) is 25.8 Å². The molecule has 1 aromatic carbocycles. The largest absolute Gasteiger partial charge is 0.378 e. The Kier molecular flexibility index (Phi) is 4.19. The second-order valence-corrected chi connectivity index (χ2v) is 6.09. The summed E-state index contributed by atoms with van der Waals surface area (Å²) < 4.78 is 0. The minimum absolute atomic E-state index is 0.128. The molecule has 23 heavy (non-hydrogen) atoms. The summed E-state index contributed by atoms with van der Waals surface area (Å²) in [6.07, 6.45) is 4.17. The van der Waals surface area contributed by atoms with E-state index >= 15 is 0 Å². The predicted octanol–water partition coefficient (Wildman–Crippen LogP) is 1.86. The number of hydrogen-bond donors (Lipinski definition) is 2. The zero-order valence-electron chi connectivity index (χ0n) is 13.5. The SMILES string of the molecule is CN(C)c1ccc(CNC(=O)c2c[nH]c3c(c2=O)CCC3)cc1. The molecule has 1 aromatic heterocycles. The van der Waals surface area contributed by atoms with Crippen LogP contribution in [0.4, 0.5) is 5.69 Å². The summed E-state index contributed by atoms with van der Waals surface area (Å²) in [6, 6.07) is 7.96. The van der Waals surface area contributed by atoms with Crippen molar-refractivity contribution >= 4 is 11.6 Å². The first-order chi connectivity index (χ1) is 11.1. The third-order valence-electron chi connectivity index (χ3n) is 4.28. The van der Waals surface area contributed by atoms with Crippen LogP contribution in [0, 0.1) is 0 Å². The number of hydrogen-bond acceptors (Lipinski definition) is 3. The fourth-order valence-corrected chi connectivity index (χ4v) is 2.90. The van der Waals surface area contributed by atoms with Crippen molar-refractivity contribution in [3.05, 3.63) is 63.1 Å². The molecule has 0 atom stereocenters. The minimum Gasteiger partial charge on any atom is -0.378 e. The summed E-state index contributed by atoms with van der Waals surface area (Å²) in [5, 5.41) is 2.82. The van der Waals surface area contributed by atoms with E-state index in [1.807, 2.05) is 43.3 Å². The van der Waals surface area contributed by atoms with E-state index in [1.165, 1.54) is 6.20 Å². The molecule has 2 N–H and O–H groups in total. The monoisotopic (exact) mass is 311 g/mol. The Morgan fingerprint density at radius 3 is 2.65 bits per heavy atom. The van der Waals surface area contributed by atoms with Gasteiger partial charge in [0.2, 0.25) is 0 Å². The number of H-pyrrole nitrogens is 1. The van der Waals surface area contributed by atoms with Gasteiger partial charge in [0.15, 0.2) is 5.43 Å². The summed E-state index contributed by atoms with van der Waals surface area (Å²) in [6.45, 7) is 0.406. The van der Waals surface area contributed by atoms with Gasteiger partial charge in [0.1, 0.15) is 5.56 Å². The van der Waals surface area contributed by atoms with Crippen LogP contribution < -0.4 is 15.6 Å². The van der Waals surface area contributed by atoms with E-state index in [-0.39, 0.29) is 16.9 Å². The Labute approximate surface area is 135 Å². The molecule has 0 bridgehead atoms. The van der Waals surface area contributed by atoms with Gasteiger partial charge in [0.05, 0.1) is 0 Å². The first kappa shape index (κ1) is 15.3. The van der Waals surface area contributed by atoms with E-state index in [1.54, 1.807) is 0 Å². The van der Waals surface area contributed by atoms with Gasteiger partial charge in [-0.05, 0) is 37.0 Å². The van der Waals surface area contributed by atoms with Gasteiger partial charge in [-0.2, -0.15) is 0 Å². The molecule has 1 amide bonds. The number of fused-ring (bicyclic) bond motifs is 1. The first-order valence-electron chi connectivity index (χ1n) is 7.84. The molecular weight excluding hydrogens is 290 g/mol. The number of aromatic nitrogens is 1. The number of carbonyl (C=O) groups is 1. The number of nitrogens with one attached hydrogen (secondary N) is 2. The normalized spacial score (nSPS) is 12.8. The highest BCUT2D eigenvalue weighted by molar-refractivity contribution is 5.94. The van der Waals surface area contributed by atoms with Crippen molar-refractivity contribution in [3.8, 4) is 0 Å². The number of rotatable bonds is 4. The molecule has 0 saturated carbocycles. The van der Waals surface area contributed by atoms with E-state index in [0.29, 0.717) is 6.54 Å². The Morgan fingerprint density at radius 1 is 1.22 bits per heavy atom. The van der Waals surface area contributed by atoms with E-state index in [9.17, 15) is 9.59 Å². The predicted molar refractivity (Wildman–Crippen MR) is 91.0 cm³/mol. The Balaban J connectivity index is 1.69. The molecule has 1 aliphatic carbocycles. The van der Waals surface area contributed by atoms with Gasteiger partial charge in [-0.15, -0.1) is 0 Å². The zero-order valence-corrected chi connectivity index (χ0v) is 13.5. The number of nitrogens with zero attached hydrogens (tertiary/aromatic N) is 1. The molecule has 120 valence electrons. The van der Waals surface area contributed by atoms with Crippen molar-refractivity contribution in [3.63, 3.8) is 0 Å². The van der Waals surface area contributed by atoms with Gasteiger partial charge >= 0.3 is 0 Å². The molecule has 0 saturated heterocycles. The molecule has 5 heteroatoms. The van der Waals surface area contributed by atoms with E-state index in [0.717, 1.165) is 41.8 Å². The minimum atomic E-state index is -0.322. The maximum absolute atomic E-state index is 12.3. The van der Waals surface area contributed by atoms with E-state index < -0.39 is 0 Å². The third kappa shape index (κ3) is 3.13. The molecule has 0 aliphatic heterocycles. The van der Waals surface area contributed by atoms with Crippen molar-refractivity contribution in [1.82, 2.24) is 10.3 Å². The van der Waals surface area contributed by atoms with Crippen LogP contribution in [-0.2, 0) is 19.4 Å².